The number of nitrogens with zero attached hydrogens (tertiary/aromatic N) is 2. The number of carbonyl (C=O) groups excluding carboxylic acids is 1. The summed E-state index contributed by atoms with van der Waals surface area (Å²) in [4.78, 5) is 11.4. The SMILES string of the molecule is CC1(CCC(=O)NCCOCCOCCN)N=N1. The fourth-order valence-corrected chi connectivity index (χ4v) is 1.29. The second-order valence-corrected chi connectivity index (χ2v) is 4.28. The van der Waals surface area contributed by atoms with Crippen molar-refractivity contribution in [3.63, 3.8) is 0 Å². The zero-order chi connectivity index (χ0) is 13.3. The average Bonchev–Trinajstić information content (AvgIpc) is 3.09. The van der Waals surface area contributed by atoms with Crippen molar-refractivity contribution >= 4 is 5.91 Å². The van der Waals surface area contributed by atoms with Crippen LogP contribution < -0.4 is 11.1 Å². The Morgan fingerprint density at radius 2 is 1.89 bits per heavy atom. The van der Waals surface area contributed by atoms with Gasteiger partial charge < -0.3 is 20.5 Å². The summed E-state index contributed by atoms with van der Waals surface area (Å²) in [5, 5.41) is 10.5. The Hall–Kier alpha value is -1.05. The van der Waals surface area contributed by atoms with Gasteiger partial charge in [-0.25, -0.2) is 0 Å². The molecule has 0 aromatic carbocycles. The summed E-state index contributed by atoms with van der Waals surface area (Å²) < 4.78 is 10.4. The monoisotopic (exact) mass is 258 g/mol. The van der Waals surface area contributed by atoms with Crippen molar-refractivity contribution in [3.8, 4) is 0 Å². The minimum Gasteiger partial charge on any atom is -0.378 e. The number of rotatable bonds is 11. The second kappa shape index (κ2) is 8.12. The third-order valence-electron chi connectivity index (χ3n) is 2.47. The number of hydrogen-bond donors (Lipinski definition) is 2. The van der Waals surface area contributed by atoms with Crippen LogP contribution in [0, 0.1) is 0 Å². The molecule has 18 heavy (non-hydrogen) atoms. The molecule has 0 saturated carbocycles. The molecule has 7 nitrogen and oxygen atoms in total. The Kier molecular flexibility index (Phi) is 6.77. The van der Waals surface area contributed by atoms with Crippen molar-refractivity contribution in [1.82, 2.24) is 5.32 Å². The maximum atomic E-state index is 11.4. The Labute approximate surface area is 107 Å². The fraction of sp³-hybridized carbons (Fsp3) is 0.909. The molecule has 0 bridgehead atoms. The van der Waals surface area contributed by atoms with Crippen LogP contribution in [0.5, 0.6) is 0 Å². The third-order valence-corrected chi connectivity index (χ3v) is 2.47. The van der Waals surface area contributed by atoms with E-state index in [0.29, 0.717) is 52.4 Å². The quantitative estimate of drug-likeness (QED) is 0.512. The maximum absolute atomic E-state index is 11.4. The van der Waals surface area contributed by atoms with Crippen LogP contribution in [0.4, 0.5) is 0 Å². The standard InChI is InChI=1S/C11H22N4O3/c1-11(14-15-11)3-2-10(16)13-5-7-18-9-8-17-6-4-12/h2-9,12H2,1H3,(H,13,16). The molecule has 1 rings (SSSR count). The van der Waals surface area contributed by atoms with Crippen LogP contribution in [0.3, 0.4) is 0 Å². The van der Waals surface area contributed by atoms with Gasteiger partial charge in [-0.1, -0.05) is 0 Å². The lowest BCUT2D eigenvalue weighted by molar-refractivity contribution is -0.121. The molecule has 7 heteroatoms. The van der Waals surface area contributed by atoms with Crippen LogP contribution >= 0.6 is 0 Å². The van der Waals surface area contributed by atoms with E-state index in [1.54, 1.807) is 0 Å². The van der Waals surface area contributed by atoms with Crippen LogP contribution in [-0.2, 0) is 14.3 Å². The predicted molar refractivity (Wildman–Crippen MR) is 66.2 cm³/mol. The summed E-state index contributed by atoms with van der Waals surface area (Å²) in [6, 6.07) is 0. The van der Waals surface area contributed by atoms with E-state index in [2.05, 4.69) is 15.5 Å². The van der Waals surface area contributed by atoms with Crippen LogP contribution in [0.2, 0.25) is 0 Å². The average molecular weight is 258 g/mol. The largest absolute Gasteiger partial charge is 0.378 e. The number of carbonyl (C=O) groups is 1. The van der Waals surface area contributed by atoms with Gasteiger partial charge in [-0.3, -0.25) is 4.79 Å². The summed E-state index contributed by atoms with van der Waals surface area (Å²) in [6.07, 6.45) is 1.12. The highest BCUT2D eigenvalue weighted by Gasteiger charge is 2.33. The molecule has 0 saturated heterocycles. The van der Waals surface area contributed by atoms with Gasteiger partial charge in [0.25, 0.3) is 0 Å². The first-order valence-electron chi connectivity index (χ1n) is 6.22. The number of nitrogens with one attached hydrogen (secondary N) is 1. The number of ether oxygens (including phenoxy) is 2. The van der Waals surface area contributed by atoms with Gasteiger partial charge >= 0.3 is 0 Å². The third kappa shape index (κ3) is 7.31. The Bertz CT molecular complexity index is 277. The van der Waals surface area contributed by atoms with E-state index in [-0.39, 0.29) is 11.6 Å². The lowest BCUT2D eigenvalue weighted by atomic mass is 10.1. The minimum absolute atomic E-state index is 0.0107. The van der Waals surface area contributed by atoms with Crippen molar-refractivity contribution in [2.24, 2.45) is 16.0 Å². The molecule has 104 valence electrons. The van der Waals surface area contributed by atoms with E-state index in [1.165, 1.54) is 0 Å². The van der Waals surface area contributed by atoms with Gasteiger partial charge in [-0.05, 0) is 6.92 Å². The first-order valence-corrected chi connectivity index (χ1v) is 6.22. The van der Waals surface area contributed by atoms with Crippen LogP contribution in [0.1, 0.15) is 19.8 Å². The van der Waals surface area contributed by atoms with Crippen LogP contribution in [-0.4, -0.2) is 51.1 Å². The molecule has 0 fully saturated rings. The molecule has 0 atom stereocenters. The minimum atomic E-state index is -0.297. The van der Waals surface area contributed by atoms with Gasteiger partial charge in [-0.2, -0.15) is 10.2 Å². The maximum Gasteiger partial charge on any atom is 0.220 e. The number of hydrogen-bond acceptors (Lipinski definition) is 6. The topological polar surface area (TPSA) is 98.3 Å². The zero-order valence-corrected chi connectivity index (χ0v) is 10.9. The van der Waals surface area contributed by atoms with Crippen molar-refractivity contribution in [2.45, 2.75) is 25.4 Å². The van der Waals surface area contributed by atoms with Crippen LogP contribution in [0.25, 0.3) is 0 Å². The fourth-order valence-electron chi connectivity index (χ4n) is 1.29. The molecule has 1 aliphatic heterocycles. The molecule has 0 aromatic heterocycles. The smallest absolute Gasteiger partial charge is 0.220 e. The molecule has 0 radical (unpaired) electrons. The highest BCUT2D eigenvalue weighted by molar-refractivity contribution is 5.75. The summed E-state index contributed by atoms with van der Waals surface area (Å²) in [7, 11) is 0. The van der Waals surface area contributed by atoms with Gasteiger partial charge in [0.05, 0.1) is 26.4 Å². The van der Waals surface area contributed by atoms with Gasteiger partial charge in [0.2, 0.25) is 5.91 Å². The number of amides is 1. The Balaban J connectivity index is 1.80. The predicted octanol–water partition coefficient (Wildman–Crippen LogP) is 0.0567. The molecular weight excluding hydrogens is 236 g/mol. The summed E-state index contributed by atoms with van der Waals surface area (Å²) in [5.41, 5.74) is 4.96. The highest BCUT2D eigenvalue weighted by Crippen LogP contribution is 2.31. The van der Waals surface area contributed by atoms with Gasteiger partial charge in [0.1, 0.15) is 0 Å². The molecule has 1 heterocycles. The summed E-state index contributed by atoms with van der Waals surface area (Å²) in [6.45, 7) is 5.04. The molecule has 3 N–H and O–H groups in total. The van der Waals surface area contributed by atoms with Crippen LogP contribution in [0.15, 0.2) is 10.2 Å². The van der Waals surface area contributed by atoms with Gasteiger partial charge in [-0.15, -0.1) is 0 Å². The molecule has 1 amide bonds. The number of nitrogens with two attached hydrogens (primary N) is 1. The second-order valence-electron chi connectivity index (χ2n) is 4.28. The van der Waals surface area contributed by atoms with Crippen molar-refractivity contribution < 1.29 is 14.3 Å². The molecule has 0 aromatic rings. The van der Waals surface area contributed by atoms with E-state index < -0.39 is 0 Å². The van der Waals surface area contributed by atoms with Gasteiger partial charge in [0, 0.05) is 25.9 Å². The molecule has 0 aliphatic carbocycles. The normalized spacial score (nSPS) is 15.7. The Morgan fingerprint density at radius 3 is 2.50 bits per heavy atom. The van der Waals surface area contributed by atoms with Gasteiger partial charge in [0.15, 0.2) is 5.66 Å². The molecule has 0 spiro atoms. The van der Waals surface area contributed by atoms with Crippen molar-refractivity contribution in [3.05, 3.63) is 0 Å². The Morgan fingerprint density at radius 1 is 1.22 bits per heavy atom. The lowest BCUT2D eigenvalue weighted by Gasteiger charge is -2.07. The lowest BCUT2D eigenvalue weighted by Crippen LogP contribution is -2.28. The zero-order valence-electron chi connectivity index (χ0n) is 10.9. The van der Waals surface area contributed by atoms with Crippen molar-refractivity contribution in [2.75, 3.05) is 39.5 Å². The molecule has 0 unspecified atom stereocenters. The van der Waals surface area contributed by atoms with E-state index >= 15 is 0 Å². The van der Waals surface area contributed by atoms with E-state index in [9.17, 15) is 4.79 Å². The van der Waals surface area contributed by atoms with E-state index in [4.69, 9.17) is 15.2 Å². The first kappa shape index (κ1) is 15.0. The summed E-state index contributed by atoms with van der Waals surface area (Å²) >= 11 is 0. The molecular formula is C11H22N4O3. The highest BCUT2D eigenvalue weighted by atomic mass is 16.5. The first-order chi connectivity index (χ1) is 8.66. The summed E-state index contributed by atoms with van der Waals surface area (Å²) in [5.74, 6) is 0.0107. The van der Waals surface area contributed by atoms with E-state index in [1.807, 2.05) is 6.92 Å². The van der Waals surface area contributed by atoms with Crippen molar-refractivity contribution in [1.29, 1.82) is 0 Å². The van der Waals surface area contributed by atoms with E-state index in [0.717, 1.165) is 0 Å². The molecule has 1 aliphatic rings.